The van der Waals surface area contributed by atoms with Gasteiger partial charge in [0.05, 0.1) is 6.61 Å². The van der Waals surface area contributed by atoms with Gasteiger partial charge in [0, 0.05) is 29.0 Å². The van der Waals surface area contributed by atoms with Crippen LogP contribution in [0.25, 0.3) is 0 Å². The zero-order valence-corrected chi connectivity index (χ0v) is 11.7. The molecule has 0 aromatic heterocycles. The third-order valence-electron chi connectivity index (χ3n) is 1.29. The van der Waals surface area contributed by atoms with Gasteiger partial charge in [-0.25, -0.2) is 4.57 Å². The fourth-order valence-corrected chi connectivity index (χ4v) is 2.28. The summed E-state index contributed by atoms with van der Waals surface area (Å²) in [6.45, 7) is 3.20. The van der Waals surface area contributed by atoms with Crippen LogP contribution >= 0.6 is 30.8 Å². The zero-order chi connectivity index (χ0) is 11.9. The molecule has 0 saturated carbocycles. The zero-order valence-electron chi connectivity index (χ0n) is 8.44. The first-order chi connectivity index (χ1) is 6.87. The Morgan fingerprint density at radius 1 is 1.53 bits per heavy atom. The first-order valence-electron chi connectivity index (χ1n) is 4.14. The molecule has 0 heterocycles. The highest BCUT2D eigenvalue weighted by Crippen LogP contribution is 2.44. The van der Waals surface area contributed by atoms with Crippen LogP contribution in [0.2, 0.25) is 0 Å². The number of halogens is 2. The van der Waals surface area contributed by atoms with Crippen LogP contribution in [0.4, 0.5) is 0 Å². The van der Waals surface area contributed by atoms with Crippen molar-refractivity contribution in [2.24, 2.45) is 0 Å². The Labute approximate surface area is 102 Å². The molecule has 0 rings (SSSR count). The summed E-state index contributed by atoms with van der Waals surface area (Å²) in [5.74, 6) is 0.877. The lowest BCUT2D eigenvalue weighted by atomic mass is 10.9. The first-order valence-corrected chi connectivity index (χ1v) is 8.37. The average Bonchev–Trinajstić information content (AvgIpc) is 2.14. The van der Waals surface area contributed by atoms with Gasteiger partial charge in [-0.05, 0) is 0 Å². The fraction of sp³-hybridized carbons (Fsp3) is 0.714. The van der Waals surface area contributed by atoms with Gasteiger partial charge in [0.1, 0.15) is 10.8 Å². The minimum atomic E-state index is -3.19. The van der Waals surface area contributed by atoms with E-state index in [1.807, 2.05) is 0 Å². The maximum Gasteiger partial charge on any atom is 0.375 e. The van der Waals surface area contributed by atoms with E-state index in [9.17, 15) is 8.77 Å². The SMILES string of the molecule is CCS(=O)CCOP(C)(=O)OC=C(Cl)Cl. The summed E-state index contributed by atoms with van der Waals surface area (Å²) in [5, 5.41) is 0. The van der Waals surface area contributed by atoms with Gasteiger partial charge >= 0.3 is 7.60 Å². The van der Waals surface area contributed by atoms with Gasteiger partial charge in [-0.3, -0.25) is 8.73 Å². The van der Waals surface area contributed by atoms with E-state index < -0.39 is 18.4 Å². The van der Waals surface area contributed by atoms with E-state index in [0.717, 1.165) is 6.26 Å². The number of hydrogen-bond acceptors (Lipinski definition) is 4. The van der Waals surface area contributed by atoms with Crippen LogP contribution in [0.15, 0.2) is 10.8 Å². The summed E-state index contributed by atoms with van der Waals surface area (Å²) in [5.41, 5.74) is 0. The highest BCUT2D eigenvalue weighted by atomic mass is 35.5. The maximum atomic E-state index is 11.5. The van der Waals surface area contributed by atoms with Crippen LogP contribution in [0.5, 0.6) is 0 Å². The Bertz CT molecular complexity index is 291. The van der Waals surface area contributed by atoms with Crippen molar-refractivity contribution in [3.63, 3.8) is 0 Å². The molecule has 8 heteroatoms. The molecule has 0 aliphatic heterocycles. The van der Waals surface area contributed by atoms with Gasteiger partial charge in [0.2, 0.25) is 0 Å². The summed E-state index contributed by atoms with van der Waals surface area (Å²) in [4.78, 5) is 0. The van der Waals surface area contributed by atoms with E-state index in [-0.39, 0.29) is 11.1 Å². The second-order valence-corrected chi connectivity index (χ2v) is 7.43. The van der Waals surface area contributed by atoms with Gasteiger partial charge in [0.15, 0.2) is 0 Å². The Hall–Kier alpha value is 0.460. The Morgan fingerprint density at radius 3 is 2.60 bits per heavy atom. The molecule has 2 atom stereocenters. The third-order valence-corrected chi connectivity index (χ3v) is 3.88. The third kappa shape index (κ3) is 9.39. The predicted molar refractivity (Wildman–Crippen MR) is 63.9 cm³/mol. The normalized spacial score (nSPS) is 16.5. The molecular weight excluding hydrogens is 282 g/mol. The Morgan fingerprint density at radius 2 is 2.13 bits per heavy atom. The molecule has 0 bridgehead atoms. The highest BCUT2D eigenvalue weighted by molar-refractivity contribution is 7.84. The van der Waals surface area contributed by atoms with Gasteiger partial charge in [-0.15, -0.1) is 0 Å². The molecule has 0 radical (unpaired) electrons. The first kappa shape index (κ1) is 15.5. The lowest BCUT2D eigenvalue weighted by Gasteiger charge is -2.11. The minimum absolute atomic E-state index is 0.113. The van der Waals surface area contributed by atoms with Gasteiger partial charge in [0.25, 0.3) is 0 Å². The van der Waals surface area contributed by atoms with Crippen molar-refractivity contribution in [1.29, 1.82) is 0 Å². The van der Waals surface area contributed by atoms with Crippen molar-refractivity contribution in [3.05, 3.63) is 10.8 Å². The highest BCUT2D eigenvalue weighted by Gasteiger charge is 2.16. The largest absolute Gasteiger partial charge is 0.430 e. The van der Waals surface area contributed by atoms with Crippen LogP contribution in [0.1, 0.15) is 6.92 Å². The van der Waals surface area contributed by atoms with Gasteiger partial charge in [-0.2, -0.15) is 0 Å². The van der Waals surface area contributed by atoms with Crippen molar-refractivity contribution in [1.82, 2.24) is 0 Å². The van der Waals surface area contributed by atoms with E-state index in [1.165, 1.54) is 6.66 Å². The van der Waals surface area contributed by atoms with Gasteiger partial charge in [-0.1, -0.05) is 30.1 Å². The van der Waals surface area contributed by atoms with E-state index in [1.54, 1.807) is 6.92 Å². The molecule has 4 nitrogen and oxygen atoms in total. The fourth-order valence-electron chi connectivity index (χ4n) is 0.606. The lowest BCUT2D eigenvalue weighted by Crippen LogP contribution is -2.06. The predicted octanol–water partition coefficient (Wildman–Crippen LogP) is 2.89. The van der Waals surface area contributed by atoms with Crippen molar-refractivity contribution in [2.75, 3.05) is 24.8 Å². The Balaban J connectivity index is 3.89. The standard InChI is InChI=1S/C7H13Cl2O4PS/c1-3-15(11)5-4-12-14(2,10)13-6-7(8)9/h6H,3-5H2,1-2H3. The molecule has 90 valence electrons. The molecule has 0 N–H and O–H groups in total. The van der Waals surface area contributed by atoms with Gasteiger partial charge < -0.3 is 4.52 Å². The minimum Gasteiger partial charge on any atom is -0.430 e. The van der Waals surface area contributed by atoms with Crippen LogP contribution < -0.4 is 0 Å². The Kier molecular flexibility index (Phi) is 7.92. The molecule has 0 aromatic carbocycles. The second kappa shape index (κ2) is 7.69. The molecule has 0 amide bonds. The molecule has 15 heavy (non-hydrogen) atoms. The smallest absolute Gasteiger partial charge is 0.375 e. The molecule has 0 fully saturated rings. The molecule has 0 aliphatic carbocycles. The summed E-state index contributed by atoms with van der Waals surface area (Å²) in [6.07, 6.45) is 0.945. The molecule has 0 aromatic rings. The van der Waals surface area contributed by atoms with E-state index in [2.05, 4.69) is 0 Å². The van der Waals surface area contributed by atoms with Crippen LogP contribution in [-0.2, 0) is 24.4 Å². The van der Waals surface area contributed by atoms with Crippen molar-refractivity contribution in [3.8, 4) is 0 Å². The molecular formula is C7H13Cl2O4PS. The molecule has 0 saturated heterocycles. The summed E-state index contributed by atoms with van der Waals surface area (Å²) in [7, 11) is -4.14. The molecule has 2 unspecified atom stereocenters. The van der Waals surface area contributed by atoms with Crippen molar-refractivity contribution >= 4 is 41.6 Å². The summed E-state index contributed by atoms with van der Waals surface area (Å²) >= 11 is 10.5. The summed E-state index contributed by atoms with van der Waals surface area (Å²) in [6, 6.07) is 0. The number of rotatable bonds is 7. The molecule has 0 aliphatic rings. The quantitative estimate of drug-likeness (QED) is 0.535. The van der Waals surface area contributed by atoms with E-state index in [0.29, 0.717) is 11.5 Å². The molecule has 0 spiro atoms. The van der Waals surface area contributed by atoms with E-state index >= 15 is 0 Å². The monoisotopic (exact) mass is 294 g/mol. The average molecular weight is 295 g/mol. The maximum absolute atomic E-state index is 11.5. The topological polar surface area (TPSA) is 52.6 Å². The lowest BCUT2D eigenvalue weighted by molar-refractivity contribution is 0.269. The van der Waals surface area contributed by atoms with Crippen LogP contribution in [0, 0.1) is 0 Å². The van der Waals surface area contributed by atoms with Crippen molar-refractivity contribution in [2.45, 2.75) is 6.92 Å². The van der Waals surface area contributed by atoms with Crippen LogP contribution in [-0.4, -0.2) is 29.0 Å². The number of hydrogen-bond donors (Lipinski definition) is 0. The van der Waals surface area contributed by atoms with Crippen LogP contribution in [0.3, 0.4) is 0 Å². The van der Waals surface area contributed by atoms with E-state index in [4.69, 9.17) is 32.2 Å². The summed E-state index contributed by atoms with van der Waals surface area (Å²) < 4.78 is 32.0. The van der Waals surface area contributed by atoms with Crippen molar-refractivity contribution < 1.29 is 17.8 Å². The second-order valence-electron chi connectivity index (χ2n) is 2.55.